The van der Waals surface area contributed by atoms with Crippen molar-refractivity contribution in [1.82, 2.24) is 4.98 Å². The Hall–Kier alpha value is -3.24. The van der Waals surface area contributed by atoms with Crippen LogP contribution >= 0.6 is 0 Å². The van der Waals surface area contributed by atoms with Crippen molar-refractivity contribution in [3.8, 4) is 23.5 Å². The molecule has 0 amide bonds. The summed E-state index contributed by atoms with van der Waals surface area (Å²) < 4.78 is 22.1. The van der Waals surface area contributed by atoms with Crippen LogP contribution in [0.25, 0.3) is 11.7 Å². The molecular weight excluding hydrogens is 346 g/mol. The third kappa shape index (κ3) is 4.90. The van der Waals surface area contributed by atoms with Gasteiger partial charge in [-0.1, -0.05) is 12.1 Å². The number of aromatic nitrogens is 1. The molecule has 3 aromatic rings. The van der Waals surface area contributed by atoms with E-state index < -0.39 is 0 Å². The van der Waals surface area contributed by atoms with E-state index in [0.29, 0.717) is 30.6 Å². The van der Waals surface area contributed by atoms with Crippen LogP contribution in [0, 0.1) is 18.3 Å². The van der Waals surface area contributed by atoms with Gasteiger partial charge in [-0.05, 0) is 43.2 Å². The summed E-state index contributed by atoms with van der Waals surface area (Å²) in [5.74, 6) is 2.44. The number of aryl methyl sites for hydroxylation is 1. The quantitative estimate of drug-likeness (QED) is 0.568. The molecule has 0 bridgehead atoms. The van der Waals surface area contributed by atoms with Crippen LogP contribution in [0.15, 0.2) is 45.2 Å². The second kappa shape index (κ2) is 8.92. The van der Waals surface area contributed by atoms with Gasteiger partial charge in [0.25, 0.3) is 5.89 Å². The van der Waals surface area contributed by atoms with Crippen molar-refractivity contribution in [2.24, 2.45) is 0 Å². The molecule has 2 heterocycles. The summed E-state index contributed by atoms with van der Waals surface area (Å²) in [7, 11) is 1.64. The third-order valence-electron chi connectivity index (χ3n) is 3.79. The predicted molar refractivity (Wildman–Crippen MR) is 99.4 cm³/mol. The Morgan fingerprint density at radius 1 is 1.22 bits per heavy atom. The van der Waals surface area contributed by atoms with Gasteiger partial charge in [-0.15, -0.1) is 0 Å². The number of anilines is 1. The highest BCUT2D eigenvalue weighted by Gasteiger charge is 2.17. The zero-order valence-electron chi connectivity index (χ0n) is 15.3. The zero-order valence-corrected chi connectivity index (χ0v) is 15.3. The van der Waals surface area contributed by atoms with Crippen LogP contribution in [-0.4, -0.2) is 25.2 Å². The van der Waals surface area contributed by atoms with E-state index in [4.69, 9.17) is 18.3 Å². The van der Waals surface area contributed by atoms with Crippen LogP contribution in [0.4, 0.5) is 5.88 Å². The lowest BCUT2D eigenvalue weighted by Gasteiger charge is -2.04. The van der Waals surface area contributed by atoms with Crippen molar-refractivity contribution in [2.45, 2.75) is 20.0 Å². The highest BCUT2D eigenvalue weighted by Crippen LogP contribution is 2.27. The Morgan fingerprint density at radius 3 is 2.89 bits per heavy atom. The summed E-state index contributed by atoms with van der Waals surface area (Å²) in [5, 5.41) is 12.3. The second-order valence-corrected chi connectivity index (χ2v) is 5.95. The van der Waals surface area contributed by atoms with Crippen molar-refractivity contribution in [3.05, 3.63) is 53.4 Å². The van der Waals surface area contributed by atoms with E-state index in [0.717, 1.165) is 17.7 Å². The fourth-order valence-electron chi connectivity index (χ4n) is 2.47. The first kappa shape index (κ1) is 18.5. The molecule has 7 nitrogen and oxygen atoms in total. The molecule has 0 aliphatic carbocycles. The van der Waals surface area contributed by atoms with Crippen LogP contribution in [0.5, 0.6) is 5.75 Å². The van der Waals surface area contributed by atoms with Crippen LogP contribution in [-0.2, 0) is 11.3 Å². The summed E-state index contributed by atoms with van der Waals surface area (Å²) in [6.07, 6.45) is 0.790. The smallest absolute Gasteiger partial charge is 0.266 e. The van der Waals surface area contributed by atoms with E-state index in [1.807, 2.05) is 37.3 Å². The minimum atomic E-state index is 0.191. The standard InChI is InChI=1S/C20H21N3O4/c1-14-5-3-6-15(11-14)25-13-16-7-8-18(26-16)20-23-17(12-21)19(27-20)22-9-4-10-24-2/h3,5-8,11,22H,4,9-10,13H2,1-2H3. The molecule has 0 saturated carbocycles. The first-order chi connectivity index (χ1) is 13.2. The van der Waals surface area contributed by atoms with Crippen LogP contribution in [0.3, 0.4) is 0 Å². The average molecular weight is 367 g/mol. The topological polar surface area (TPSA) is 93.4 Å². The molecule has 0 spiro atoms. The average Bonchev–Trinajstić information content (AvgIpc) is 3.30. The first-order valence-electron chi connectivity index (χ1n) is 8.62. The maximum atomic E-state index is 9.23. The van der Waals surface area contributed by atoms with Gasteiger partial charge in [0, 0.05) is 20.3 Å². The minimum absolute atomic E-state index is 0.191. The van der Waals surface area contributed by atoms with Crippen molar-refractivity contribution in [2.75, 3.05) is 25.6 Å². The van der Waals surface area contributed by atoms with Gasteiger partial charge in [-0.25, -0.2) is 0 Å². The van der Waals surface area contributed by atoms with Gasteiger partial charge in [0.2, 0.25) is 11.6 Å². The van der Waals surface area contributed by atoms with Crippen molar-refractivity contribution in [1.29, 1.82) is 5.26 Å². The third-order valence-corrected chi connectivity index (χ3v) is 3.79. The number of nitriles is 1. The van der Waals surface area contributed by atoms with Crippen LogP contribution in [0.1, 0.15) is 23.4 Å². The molecule has 2 aromatic heterocycles. The number of furan rings is 1. The second-order valence-electron chi connectivity index (χ2n) is 5.95. The molecular formula is C20H21N3O4. The molecule has 140 valence electrons. The van der Waals surface area contributed by atoms with Crippen LogP contribution in [0.2, 0.25) is 0 Å². The molecule has 3 rings (SSSR count). The molecule has 27 heavy (non-hydrogen) atoms. The molecule has 1 N–H and O–H groups in total. The monoisotopic (exact) mass is 367 g/mol. The summed E-state index contributed by atoms with van der Waals surface area (Å²) in [4.78, 5) is 4.18. The van der Waals surface area contributed by atoms with E-state index in [-0.39, 0.29) is 18.2 Å². The lowest BCUT2D eigenvalue weighted by molar-refractivity contribution is 0.197. The van der Waals surface area contributed by atoms with Gasteiger partial charge >= 0.3 is 0 Å². The Morgan fingerprint density at radius 2 is 2.11 bits per heavy atom. The lowest BCUT2D eigenvalue weighted by atomic mass is 10.2. The number of benzene rings is 1. The maximum absolute atomic E-state index is 9.23. The number of ether oxygens (including phenoxy) is 2. The largest absolute Gasteiger partial charge is 0.486 e. The number of oxazole rings is 1. The lowest BCUT2D eigenvalue weighted by Crippen LogP contribution is -2.04. The van der Waals surface area contributed by atoms with Gasteiger partial charge < -0.3 is 23.6 Å². The molecule has 0 aliphatic heterocycles. The normalized spacial score (nSPS) is 10.6. The molecule has 0 fully saturated rings. The number of methoxy groups -OCH3 is 1. The van der Waals surface area contributed by atoms with Gasteiger partial charge in [0.1, 0.15) is 24.2 Å². The van der Waals surface area contributed by atoms with Gasteiger partial charge in [-0.2, -0.15) is 10.2 Å². The summed E-state index contributed by atoms with van der Waals surface area (Å²) in [6.45, 7) is 3.54. The number of hydrogen-bond donors (Lipinski definition) is 1. The van der Waals surface area contributed by atoms with Gasteiger partial charge in [0.05, 0.1) is 0 Å². The number of nitrogens with zero attached hydrogens (tertiary/aromatic N) is 2. The van der Waals surface area contributed by atoms with E-state index >= 15 is 0 Å². The minimum Gasteiger partial charge on any atom is -0.486 e. The highest BCUT2D eigenvalue weighted by molar-refractivity contribution is 5.54. The summed E-state index contributed by atoms with van der Waals surface area (Å²) in [6, 6.07) is 13.4. The SMILES string of the molecule is COCCCNc1oc(-c2ccc(COc3cccc(C)c3)o2)nc1C#N. The number of hydrogen-bond acceptors (Lipinski definition) is 7. The Labute approximate surface area is 157 Å². The van der Waals surface area contributed by atoms with E-state index in [1.165, 1.54) is 0 Å². The van der Waals surface area contributed by atoms with Crippen molar-refractivity contribution >= 4 is 5.88 Å². The molecule has 0 saturated heterocycles. The zero-order chi connectivity index (χ0) is 19.1. The molecule has 0 atom stereocenters. The van der Waals surface area contributed by atoms with Crippen molar-refractivity contribution in [3.63, 3.8) is 0 Å². The summed E-state index contributed by atoms with van der Waals surface area (Å²) in [5.41, 5.74) is 1.32. The Kier molecular flexibility index (Phi) is 6.13. The molecule has 1 aromatic carbocycles. The van der Waals surface area contributed by atoms with Gasteiger partial charge in [0.15, 0.2) is 5.76 Å². The van der Waals surface area contributed by atoms with Crippen molar-refractivity contribution < 1.29 is 18.3 Å². The fraction of sp³-hybridized carbons (Fsp3) is 0.300. The Bertz CT molecular complexity index is 923. The highest BCUT2D eigenvalue weighted by atomic mass is 16.5. The molecule has 0 radical (unpaired) electrons. The number of rotatable bonds is 9. The predicted octanol–water partition coefficient (Wildman–Crippen LogP) is 4.14. The van der Waals surface area contributed by atoms with Gasteiger partial charge in [-0.3, -0.25) is 0 Å². The number of nitrogens with one attached hydrogen (secondary N) is 1. The van der Waals surface area contributed by atoms with E-state index in [2.05, 4.69) is 10.3 Å². The van der Waals surface area contributed by atoms with Crippen LogP contribution < -0.4 is 10.1 Å². The maximum Gasteiger partial charge on any atom is 0.266 e. The Balaban J connectivity index is 1.65. The molecule has 0 unspecified atom stereocenters. The molecule has 7 heteroatoms. The molecule has 0 aliphatic rings. The first-order valence-corrected chi connectivity index (χ1v) is 8.62. The fourth-order valence-corrected chi connectivity index (χ4v) is 2.47. The van der Waals surface area contributed by atoms with E-state index in [9.17, 15) is 5.26 Å². The van der Waals surface area contributed by atoms with E-state index in [1.54, 1.807) is 19.2 Å². The summed E-state index contributed by atoms with van der Waals surface area (Å²) >= 11 is 0.